The summed E-state index contributed by atoms with van der Waals surface area (Å²) >= 11 is 0. The van der Waals surface area contributed by atoms with E-state index >= 15 is 0 Å². The molecule has 0 bridgehead atoms. The molecule has 0 fully saturated rings. The van der Waals surface area contributed by atoms with Crippen molar-refractivity contribution in [2.24, 2.45) is 5.10 Å². The van der Waals surface area contributed by atoms with Gasteiger partial charge >= 0.3 is 0 Å². The summed E-state index contributed by atoms with van der Waals surface area (Å²) in [5.41, 5.74) is 3.92. The van der Waals surface area contributed by atoms with E-state index in [1.807, 2.05) is 38.1 Å². The van der Waals surface area contributed by atoms with Crippen LogP contribution in [0.3, 0.4) is 0 Å². The number of benzene rings is 2. The zero-order valence-corrected chi connectivity index (χ0v) is 15.7. The molecule has 144 valence electrons. The molecule has 7 nitrogen and oxygen atoms in total. The van der Waals surface area contributed by atoms with Gasteiger partial charge in [0.2, 0.25) is 0 Å². The average Bonchev–Trinajstić information content (AvgIpc) is 2.65. The van der Waals surface area contributed by atoms with Crippen molar-refractivity contribution < 1.29 is 19.4 Å². The Kier molecular flexibility index (Phi) is 7.49. The standard InChI is InChI=1S/C20H25N3O4/c1-4-26-17-9-7-16(8-10-17)22-14(3)20(25)23-21-13-15-6-11-19(27-5-2)18(24)12-15/h6-14,22,24H,4-5H2,1-3H3,(H,23,25)/b21-13-/t14-/m1/s1. The molecule has 0 spiro atoms. The van der Waals surface area contributed by atoms with Crippen LogP contribution in [-0.4, -0.2) is 36.5 Å². The first-order chi connectivity index (χ1) is 13.0. The average molecular weight is 371 g/mol. The number of carbonyl (C=O) groups is 1. The van der Waals surface area contributed by atoms with Crippen LogP contribution in [0.1, 0.15) is 26.3 Å². The van der Waals surface area contributed by atoms with Crippen molar-refractivity contribution in [1.29, 1.82) is 0 Å². The fourth-order valence-corrected chi connectivity index (χ4v) is 2.29. The first-order valence-electron chi connectivity index (χ1n) is 8.81. The summed E-state index contributed by atoms with van der Waals surface area (Å²) in [6.07, 6.45) is 1.46. The van der Waals surface area contributed by atoms with Crippen molar-refractivity contribution in [3.05, 3.63) is 48.0 Å². The normalized spacial score (nSPS) is 11.8. The second-order valence-corrected chi connectivity index (χ2v) is 5.72. The molecule has 2 aromatic rings. The maximum absolute atomic E-state index is 12.1. The van der Waals surface area contributed by atoms with Crippen molar-refractivity contribution >= 4 is 17.8 Å². The quantitative estimate of drug-likeness (QED) is 0.465. The number of hydrazone groups is 1. The lowest BCUT2D eigenvalue weighted by atomic mass is 10.2. The van der Waals surface area contributed by atoms with Gasteiger partial charge in [0.25, 0.3) is 5.91 Å². The predicted octanol–water partition coefficient (Wildman–Crippen LogP) is 3.14. The molecule has 0 saturated carbocycles. The van der Waals surface area contributed by atoms with Gasteiger partial charge in [-0.25, -0.2) is 5.43 Å². The maximum Gasteiger partial charge on any atom is 0.262 e. The molecule has 0 heterocycles. The monoisotopic (exact) mass is 371 g/mol. The van der Waals surface area contributed by atoms with E-state index in [4.69, 9.17) is 9.47 Å². The summed E-state index contributed by atoms with van der Waals surface area (Å²) < 4.78 is 10.6. The second kappa shape index (κ2) is 10.1. The third-order valence-electron chi connectivity index (χ3n) is 3.61. The molecule has 27 heavy (non-hydrogen) atoms. The lowest BCUT2D eigenvalue weighted by molar-refractivity contribution is -0.121. The van der Waals surface area contributed by atoms with Gasteiger partial charge in [0, 0.05) is 5.69 Å². The van der Waals surface area contributed by atoms with Gasteiger partial charge in [-0.05, 0) is 68.8 Å². The fourth-order valence-electron chi connectivity index (χ4n) is 2.29. The Morgan fingerprint density at radius 1 is 1.15 bits per heavy atom. The minimum Gasteiger partial charge on any atom is -0.504 e. The van der Waals surface area contributed by atoms with E-state index in [0.717, 1.165) is 11.4 Å². The maximum atomic E-state index is 12.1. The van der Waals surface area contributed by atoms with Crippen LogP contribution in [0.2, 0.25) is 0 Å². The zero-order chi connectivity index (χ0) is 19.6. The molecule has 0 aromatic heterocycles. The van der Waals surface area contributed by atoms with Gasteiger partial charge in [-0.2, -0.15) is 5.10 Å². The van der Waals surface area contributed by atoms with Crippen molar-refractivity contribution in [2.45, 2.75) is 26.8 Å². The lowest BCUT2D eigenvalue weighted by Crippen LogP contribution is -2.34. The highest BCUT2D eigenvalue weighted by Gasteiger charge is 2.11. The third kappa shape index (κ3) is 6.22. The Balaban J connectivity index is 1.86. The molecule has 0 aliphatic carbocycles. The summed E-state index contributed by atoms with van der Waals surface area (Å²) in [5, 5.41) is 16.9. The molecule has 1 amide bonds. The van der Waals surface area contributed by atoms with Gasteiger partial charge < -0.3 is 19.9 Å². The van der Waals surface area contributed by atoms with E-state index in [-0.39, 0.29) is 11.7 Å². The van der Waals surface area contributed by atoms with Gasteiger partial charge in [-0.3, -0.25) is 4.79 Å². The number of anilines is 1. The molecular formula is C20H25N3O4. The topological polar surface area (TPSA) is 92.2 Å². The van der Waals surface area contributed by atoms with E-state index < -0.39 is 6.04 Å². The molecule has 1 atom stereocenters. The van der Waals surface area contributed by atoms with Crippen molar-refractivity contribution in [1.82, 2.24) is 5.43 Å². The van der Waals surface area contributed by atoms with E-state index in [2.05, 4.69) is 15.8 Å². The third-order valence-corrected chi connectivity index (χ3v) is 3.61. The number of hydrogen-bond acceptors (Lipinski definition) is 6. The number of nitrogens with one attached hydrogen (secondary N) is 2. The number of amides is 1. The second-order valence-electron chi connectivity index (χ2n) is 5.72. The molecular weight excluding hydrogens is 346 g/mol. The number of carbonyl (C=O) groups excluding carboxylic acids is 1. The van der Waals surface area contributed by atoms with Gasteiger partial charge in [0.05, 0.1) is 19.4 Å². The summed E-state index contributed by atoms with van der Waals surface area (Å²) in [6.45, 7) is 6.58. The van der Waals surface area contributed by atoms with Gasteiger partial charge in [0.15, 0.2) is 11.5 Å². The van der Waals surface area contributed by atoms with E-state index in [1.54, 1.807) is 19.1 Å². The highest BCUT2D eigenvalue weighted by Crippen LogP contribution is 2.26. The number of phenols is 1. The Labute approximate surface area is 159 Å². The molecule has 2 aromatic carbocycles. The number of nitrogens with zero attached hydrogens (tertiary/aromatic N) is 1. The summed E-state index contributed by atoms with van der Waals surface area (Å²) in [7, 11) is 0. The number of ether oxygens (including phenoxy) is 2. The Morgan fingerprint density at radius 2 is 1.85 bits per heavy atom. The van der Waals surface area contributed by atoms with E-state index in [9.17, 15) is 9.90 Å². The van der Waals surface area contributed by atoms with Gasteiger partial charge in [-0.15, -0.1) is 0 Å². The van der Waals surface area contributed by atoms with Crippen LogP contribution in [0, 0.1) is 0 Å². The Bertz CT molecular complexity index is 775. The van der Waals surface area contributed by atoms with Gasteiger partial charge in [-0.1, -0.05) is 0 Å². The Hall–Kier alpha value is -3.22. The van der Waals surface area contributed by atoms with Crippen molar-refractivity contribution in [2.75, 3.05) is 18.5 Å². The van der Waals surface area contributed by atoms with Crippen molar-refractivity contribution in [3.8, 4) is 17.2 Å². The predicted molar refractivity (Wildman–Crippen MR) is 106 cm³/mol. The van der Waals surface area contributed by atoms with Crippen LogP contribution in [-0.2, 0) is 4.79 Å². The molecule has 7 heteroatoms. The van der Waals surface area contributed by atoms with Crippen LogP contribution >= 0.6 is 0 Å². The number of hydrogen-bond donors (Lipinski definition) is 3. The van der Waals surface area contributed by atoms with Crippen LogP contribution in [0.15, 0.2) is 47.6 Å². The van der Waals surface area contributed by atoms with Gasteiger partial charge in [0.1, 0.15) is 11.8 Å². The highest BCUT2D eigenvalue weighted by atomic mass is 16.5. The summed E-state index contributed by atoms with van der Waals surface area (Å²) in [6, 6.07) is 11.8. The molecule has 0 radical (unpaired) electrons. The molecule has 0 aliphatic rings. The SMILES string of the molecule is CCOc1ccc(N[C@H](C)C(=O)N/N=C\c2ccc(OCC)c(O)c2)cc1. The van der Waals surface area contributed by atoms with E-state index in [1.165, 1.54) is 12.3 Å². The molecule has 0 aliphatic heterocycles. The lowest BCUT2D eigenvalue weighted by Gasteiger charge is -2.14. The van der Waals surface area contributed by atoms with E-state index in [0.29, 0.717) is 24.5 Å². The molecule has 0 saturated heterocycles. The molecule has 2 rings (SSSR count). The van der Waals surface area contributed by atoms with Crippen LogP contribution in [0.25, 0.3) is 0 Å². The van der Waals surface area contributed by atoms with Crippen molar-refractivity contribution in [3.63, 3.8) is 0 Å². The zero-order valence-electron chi connectivity index (χ0n) is 15.7. The van der Waals surface area contributed by atoms with Crippen LogP contribution in [0.5, 0.6) is 17.2 Å². The summed E-state index contributed by atoms with van der Waals surface area (Å²) in [4.78, 5) is 12.1. The minimum atomic E-state index is -0.478. The first-order valence-corrected chi connectivity index (χ1v) is 8.81. The smallest absolute Gasteiger partial charge is 0.262 e. The minimum absolute atomic E-state index is 0.0256. The fraction of sp³-hybridized carbons (Fsp3) is 0.300. The Morgan fingerprint density at radius 3 is 2.48 bits per heavy atom. The largest absolute Gasteiger partial charge is 0.504 e. The number of rotatable bonds is 9. The number of aromatic hydroxyl groups is 1. The number of phenolic OH excluding ortho intramolecular Hbond substituents is 1. The molecule has 3 N–H and O–H groups in total. The van der Waals surface area contributed by atoms with Crippen LogP contribution in [0.4, 0.5) is 5.69 Å². The summed E-state index contributed by atoms with van der Waals surface area (Å²) in [5.74, 6) is 0.933. The highest BCUT2D eigenvalue weighted by molar-refractivity contribution is 5.86. The van der Waals surface area contributed by atoms with Crippen LogP contribution < -0.4 is 20.2 Å². The first kappa shape index (κ1) is 20.1. The molecule has 0 unspecified atom stereocenters.